The zero-order valence-corrected chi connectivity index (χ0v) is 13.4. The lowest BCUT2D eigenvalue weighted by Gasteiger charge is -2.15. The van der Waals surface area contributed by atoms with E-state index in [1.54, 1.807) is 0 Å². The van der Waals surface area contributed by atoms with Crippen LogP contribution < -0.4 is 10.1 Å². The monoisotopic (exact) mass is 337 g/mol. The lowest BCUT2D eigenvalue weighted by molar-refractivity contribution is 0.216. The minimum absolute atomic E-state index is 0.120. The van der Waals surface area contributed by atoms with Crippen LogP contribution in [0.15, 0.2) is 41.3 Å². The van der Waals surface area contributed by atoms with E-state index in [1.165, 1.54) is 5.69 Å². The van der Waals surface area contributed by atoms with Crippen LogP contribution >= 0.6 is 15.9 Å². The van der Waals surface area contributed by atoms with Crippen LogP contribution in [0.25, 0.3) is 0 Å². The SMILES string of the molecule is CCn1cncc1CNCC(C)Oc1ccc(Br)cc1. The third-order valence-corrected chi connectivity index (χ3v) is 3.56. The van der Waals surface area contributed by atoms with Gasteiger partial charge in [0, 0.05) is 30.3 Å². The second-order valence-electron chi connectivity index (χ2n) is 4.68. The van der Waals surface area contributed by atoms with Crippen LogP contribution in [-0.2, 0) is 13.1 Å². The number of aromatic nitrogens is 2. The quantitative estimate of drug-likeness (QED) is 0.843. The van der Waals surface area contributed by atoms with E-state index in [9.17, 15) is 0 Å². The molecule has 0 aliphatic carbocycles. The van der Waals surface area contributed by atoms with Crippen molar-refractivity contribution in [2.45, 2.75) is 33.0 Å². The number of nitrogens with zero attached hydrogens (tertiary/aromatic N) is 2. The van der Waals surface area contributed by atoms with E-state index in [0.717, 1.165) is 29.9 Å². The van der Waals surface area contributed by atoms with Crippen molar-refractivity contribution in [3.05, 3.63) is 47.0 Å². The van der Waals surface area contributed by atoms with E-state index in [-0.39, 0.29) is 6.10 Å². The topological polar surface area (TPSA) is 39.1 Å². The first-order valence-electron chi connectivity index (χ1n) is 6.81. The van der Waals surface area contributed by atoms with Gasteiger partial charge in [-0.2, -0.15) is 0 Å². The Balaban J connectivity index is 1.75. The van der Waals surface area contributed by atoms with Gasteiger partial charge in [0.1, 0.15) is 11.9 Å². The first kappa shape index (κ1) is 15.1. The highest BCUT2D eigenvalue weighted by molar-refractivity contribution is 9.10. The second kappa shape index (κ2) is 7.45. The molecule has 1 heterocycles. The summed E-state index contributed by atoms with van der Waals surface area (Å²) in [5.74, 6) is 0.890. The second-order valence-corrected chi connectivity index (χ2v) is 5.60. The molecular formula is C15H20BrN3O. The smallest absolute Gasteiger partial charge is 0.119 e. The molecule has 0 amide bonds. The van der Waals surface area contributed by atoms with Gasteiger partial charge >= 0.3 is 0 Å². The van der Waals surface area contributed by atoms with Crippen molar-refractivity contribution in [2.75, 3.05) is 6.54 Å². The summed E-state index contributed by atoms with van der Waals surface area (Å²) in [6, 6.07) is 7.89. The van der Waals surface area contributed by atoms with Gasteiger partial charge in [0.2, 0.25) is 0 Å². The maximum absolute atomic E-state index is 5.84. The summed E-state index contributed by atoms with van der Waals surface area (Å²) in [6.07, 6.45) is 3.88. The summed E-state index contributed by atoms with van der Waals surface area (Å²) in [6.45, 7) is 6.73. The van der Waals surface area contributed by atoms with Crippen LogP contribution in [0.3, 0.4) is 0 Å². The van der Waals surface area contributed by atoms with Crippen molar-refractivity contribution in [3.63, 3.8) is 0 Å². The molecule has 2 rings (SSSR count). The van der Waals surface area contributed by atoms with E-state index in [1.807, 2.05) is 36.8 Å². The molecule has 1 atom stereocenters. The van der Waals surface area contributed by atoms with Crippen molar-refractivity contribution in [3.8, 4) is 5.75 Å². The minimum atomic E-state index is 0.120. The van der Waals surface area contributed by atoms with Gasteiger partial charge in [-0.15, -0.1) is 0 Å². The number of hydrogen-bond acceptors (Lipinski definition) is 3. The number of aryl methyl sites for hydroxylation is 1. The first-order valence-corrected chi connectivity index (χ1v) is 7.60. The average Bonchev–Trinajstić information content (AvgIpc) is 2.89. The summed E-state index contributed by atoms with van der Waals surface area (Å²) in [7, 11) is 0. The normalized spacial score (nSPS) is 12.3. The Morgan fingerprint density at radius 2 is 2.10 bits per heavy atom. The molecule has 0 saturated heterocycles. The number of ether oxygens (including phenoxy) is 1. The van der Waals surface area contributed by atoms with Crippen molar-refractivity contribution in [2.24, 2.45) is 0 Å². The Bertz CT molecular complexity index is 524. The molecule has 4 nitrogen and oxygen atoms in total. The average molecular weight is 338 g/mol. The maximum Gasteiger partial charge on any atom is 0.119 e. The number of hydrogen-bond donors (Lipinski definition) is 1. The molecule has 0 bridgehead atoms. The number of nitrogens with one attached hydrogen (secondary N) is 1. The highest BCUT2D eigenvalue weighted by atomic mass is 79.9. The van der Waals surface area contributed by atoms with Crippen molar-refractivity contribution in [1.82, 2.24) is 14.9 Å². The molecule has 108 valence electrons. The van der Waals surface area contributed by atoms with Crippen molar-refractivity contribution < 1.29 is 4.74 Å². The standard InChI is InChI=1S/C15H20BrN3O/c1-3-19-11-18-10-14(19)9-17-8-12(2)20-15-6-4-13(16)5-7-15/h4-7,10-12,17H,3,8-9H2,1-2H3. The summed E-state index contributed by atoms with van der Waals surface area (Å²) in [5.41, 5.74) is 1.20. The molecule has 0 fully saturated rings. The molecule has 0 aliphatic heterocycles. The molecule has 0 aliphatic rings. The lowest BCUT2D eigenvalue weighted by Crippen LogP contribution is -2.29. The fourth-order valence-electron chi connectivity index (χ4n) is 1.97. The van der Waals surface area contributed by atoms with Crippen LogP contribution in [0.4, 0.5) is 0 Å². The molecule has 5 heteroatoms. The van der Waals surface area contributed by atoms with Crippen LogP contribution in [0.5, 0.6) is 5.75 Å². The highest BCUT2D eigenvalue weighted by Gasteiger charge is 2.05. The van der Waals surface area contributed by atoms with Crippen LogP contribution in [0.2, 0.25) is 0 Å². The predicted octanol–water partition coefficient (Wildman–Crippen LogP) is 3.22. The van der Waals surface area contributed by atoms with Gasteiger partial charge in [-0.1, -0.05) is 15.9 Å². The van der Waals surface area contributed by atoms with Crippen LogP contribution in [0, 0.1) is 0 Å². The van der Waals surface area contributed by atoms with Gasteiger partial charge in [-0.25, -0.2) is 4.98 Å². The molecule has 20 heavy (non-hydrogen) atoms. The first-order chi connectivity index (χ1) is 9.69. The Morgan fingerprint density at radius 1 is 1.35 bits per heavy atom. The zero-order chi connectivity index (χ0) is 14.4. The van der Waals surface area contributed by atoms with E-state index in [2.05, 4.69) is 44.6 Å². The van der Waals surface area contributed by atoms with Gasteiger partial charge in [0.05, 0.1) is 12.0 Å². The zero-order valence-electron chi connectivity index (χ0n) is 11.8. The van der Waals surface area contributed by atoms with Gasteiger partial charge < -0.3 is 14.6 Å². The van der Waals surface area contributed by atoms with E-state index in [0.29, 0.717) is 0 Å². The third-order valence-electron chi connectivity index (χ3n) is 3.03. The summed E-state index contributed by atoms with van der Waals surface area (Å²) < 4.78 is 9.03. The predicted molar refractivity (Wildman–Crippen MR) is 83.8 cm³/mol. The Kier molecular flexibility index (Phi) is 5.61. The third kappa shape index (κ3) is 4.35. The Labute approximate surface area is 128 Å². The summed E-state index contributed by atoms with van der Waals surface area (Å²) in [5, 5.41) is 3.40. The summed E-state index contributed by atoms with van der Waals surface area (Å²) >= 11 is 3.41. The van der Waals surface area contributed by atoms with Crippen molar-refractivity contribution in [1.29, 1.82) is 0 Å². The molecule has 1 aromatic heterocycles. The van der Waals surface area contributed by atoms with E-state index >= 15 is 0 Å². The van der Waals surface area contributed by atoms with Crippen LogP contribution in [0.1, 0.15) is 19.5 Å². The highest BCUT2D eigenvalue weighted by Crippen LogP contribution is 2.17. The molecule has 1 unspecified atom stereocenters. The van der Waals surface area contributed by atoms with Crippen molar-refractivity contribution >= 4 is 15.9 Å². The molecule has 0 radical (unpaired) electrons. The van der Waals surface area contributed by atoms with Gasteiger partial charge in [0.25, 0.3) is 0 Å². The largest absolute Gasteiger partial charge is 0.489 e. The van der Waals surface area contributed by atoms with Crippen LogP contribution in [-0.4, -0.2) is 22.2 Å². The number of halogens is 1. The van der Waals surface area contributed by atoms with E-state index in [4.69, 9.17) is 4.74 Å². The van der Waals surface area contributed by atoms with Gasteiger partial charge in [0.15, 0.2) is 0 Å². The molecule has 1 aromatic carbocycles. The minimum Gasteiger partial charge on any atom is -0.489 e. The van der Waals surface area contributed by atoms with Gasteiger partial charge in [-0.3, -0.25) is 0 Å². The molecule has 1 N–H and O–H groups in total. The summed E-state index contributed by atoms with van der Waals surface area (Å²) in [4.78, 5) is 4.15. The number of imidazole rings is 1. The van der Waals surface area contributed by atoms with E-state index < -0.39 is 0 Å². The molecule has 2 aromatic rings. The fraction of sp³-hybridized carbons (Fsp3) is 0.400. The lowest BCUT2D eigenvalue weighted by atomic mass is 10.3. The molecular weight excluding hydrogens is 318 g/mol. The molecule has 0 saturated carbocycles. The number of rotatable bonds is 7. The Hall–Kier alpha value is -1.33. The maximum atomic E-state index is 5.84. The van der Waals surface area contributed by atoms with Gasteiger partial charge in [-0.05, 0) is 38.1 Å². The fourth-order valence-corrected chi connectivity index (χ4v) is 2.24. The molecule has 0 spiro atoms. The number of benzene rings is 1. The Morgan fingerprint density at radius 3 is 2.80 bits per heavy atom.